The van der Waals surface area contributed by atoms with E-state index in [0.717, 1.165) is 48.9 Å². The molecule has 0 atom stereocenters. The number of fused-ring (bicyclic) bond motifs is 1. The van der Waals surface area contributed by atoms with Crippen LogP contribution < -0.4 is 4.90 Å². The summed E-state index contributed by atoms with van der Waals surface area (Å²) in [6, 6.07) is 6.47. The zero-order valence-corrected chi connectivity index (χ0v) is 12.5. The Balaban J connectivity index is 1.40. The Labute approximate surface area is 127 Å². The first-order valence-corrected chi connectivity index (χ1v) is 8.05. The molecule has 2 aromatic heterocycles. The molecule has 0 amide bonds. The van der Waals surface area contributed by atoms with Crippen LogP contribution in [0.15, 0.2) is 36.1 Å². The fraction of sp³-hybridized carbons (Fsp3) is 0.333. The molecule has 0 saturated carbocycles. The van der Waals surface area contributed by atoms with Crippen molar-refractivity contribution in [3.63, 3.8) is 0 Å². The molecule has 1 aliphatic rings. The van der Waals surface area contributed by atoms with E-state index in [1.54, 1.807) is 17.7 Å². The van der Waals surface area contributed by atoms with Crippen LogP contribution in [0.4, 0.5) is 5.13 Å². The summed E-state index contributed by atoms with van der Waals surface area (Å²) in [5, 5.41) is 3.19. The third-order valence-electron chi connectivity index (χ3n) is 3.95. The van der Waals surface area contributed by atoms with Crippen LogP contribution in [0.25, 0.3) is 11.0 Å². The number of nitrogens with one attached hydrogen (secondary N) is 1. The average Bonchev–Trinajstić information content (AvgIpc) is 3.19. The van der Waals surface area contributed by atoms with Crippen molar-refractivity contribution in [2.24, 2.45) is 0 Å². The number of thiazole rings is 1. The fourth-order valence-electron chi connectivity index (χ4n) is 2.81. The van der Waals surface area contributed by atoms with Gasteiger partial charge in [0.15, 0.2) is 5.13 Å². The lowest BCUT2D eigenvalue weighted by atomic mass is 10.1. The van der Waals surface area contributed by atoms with E-state index in [-0.39, 0.29) is 0 Å². The largest absolute Gasteiger partial charge is 0.346 e. The first-order valence-electron chi connectivity index (χ1n) is 7.17. The third kappa shape index (κ3) is 2.64. The van der Waals surface area contributed by atoms with Crippen molar-refractivity contribution in [3.8, 4) is 0 Å². The van der Waals surface area contributed by atoms with Crippen LogP contribution in [0.1, 0.15) is 5.56 Å². The molecule has 1 aromatic carbocycles. The number of piperazine rings is 1. The average molecular weight is 299 g/mol. The topological polar surface area (TPSA) is 48.0 Å². The molecule has 1 fully saturated rings. The van der Waals surface area contributed by atoms with E-state index < -0.39 is 0 Å². The standard InChI is InChI=1S/C15H17N5S/c1-2-13-14(18-11-17-13)9-12(1)10-19-4-6-20(7-5-19)15-16-3-8-21-15/h1-3,8-9,11H,4-7,10H2,(H,17,18). The van der Waals surface area contributed by atoms with E-state index in [2.05, 4.69) is 43.0 Å². The molecular formula is C15H17N5S. The maximum Gasteiger partial charge on any atom is 0.185 e. The zero-order chi connectivity index (χ0) is 14.1. The Kier molecular flexibility index (Phi) is 3.33. The highest BCUT2D eigenvalue weighted by Gasteiger charge is 2.18. The van der Waals surface area contributed by atoms with Gasteiger partial charge in [-0.3, -0.25) is 4.90 Å². The van der Waals surface area contributed by atoms with Gasteiger partial charge in [-0.1, -0.05) is 6.07 Å². The molecule has 0 bridgehead atoms. The van der Waals surface area contributed by atoms with E-state index in [0.29, 0.717) is 0 Å². The van der Waals surface area contributed by atoms with E-state index in [9.17, 15) is 0 Å². The third-order valence-corrected chi connectivity index (χ3v) is 4.79. The summed E-state index contributed by atoms with van der Waals surface area (Å²) < 4.78 is 0. The van der Waals surface area contributed by atoms with Crippen molar-refractivity contribution >= 4 is 27.5 Å². The normalized spacial score (nSPS) is 16.7. The number of imidazole rings is 1. The highest BCUT2D eigenvalue weighted by molar-refractivity contribution is 7.13. The number of H-pyrrole nitrogens is 1. The van der Waals surface area contributed by atoms with E-state index in [4.69, 9.17) is 0 Å². The molecule has 3 aromatic rings. The summed E-state index contributed by atoms with van der Waals surface area (Å²) in [6.07, 6.45) is 3.63. The van der Waals surface area contributed by atoms with Crippen LogP contribution in [0, 0.1) is 0 Å². The number of rotatable bonds is 3. The van der Waals surface area contributed by atoms with Gasteiger partial charge in [-0.2, -0.15) is 0 Å². The van der Waals surface area contributed by atoms with Crippen LogP contribution in [0.5, 0.6) is 0 Å². The fourth-order valence-corrected chi connectivity index (χ4v) is 3.51. The van der Waals surface area contributed by atoms with Gasteiger partial charge in [0.2, 0.25) is 0 Å². The number of aromatic amines is 1. The summed E-state index contributed by atoms with van der Waals surface area (Å²) in [6.45, 7) is 5.28. The SMILES string of the molecule is c1csc(N2CCN(Cc3ccc4nc[nH]c4c3)CC2)n1. The van der Waals surface area contributed by atoms with Gasteiger partial charge in [-0.05, 0) is 17.7 Å². The second kappa shape index (κ2) is 5.46. The van der Waals surface area contributed by atoms with Crippen LogP contribution in [0.3, 0.4) is 0 Å². The van der Waals surface area contributed by atoms with Crippen LogP contribution in [0.2, 0.25) is 0 Å². The monoisotopic (exact) mass is 299 g/mol. The van der Waals surface area contributed by atoms with Gasteiger partial charge in [0.25, 0.3) is 0 Å². The van der Waals surface area contributed by atoms with Crippen molar-refractivity contribution in [2.75, 3.05) is 31.1 Å². The zero-order valence-electron chi connectivity index (χ0n) is 11.7. The highest BCUT2D eigenvalue weighted by atomic mass is 32.1. The maximum absolute atomic E-state index is 4.39. The Morgan fingerprint density at radius 1 is 1.14 bits per heavy atom. The molecule has 108 valence electrons. The van der Waals surface area contributed by atoms with Crippen LogP contribution in [-0.4, -0.2) is 46.0 Å². The molecule has 3 heterocycles. The Morgan fingerprint density at radius 3 is 2.86 bits per heavy atom. The molecule has 21 heavy (non-hydrogen) atoms. The van der Waals surface area contributed by atoms with Crippen molar-refractivity contribution in [1.82, 2.24) is 19.9 Å². The predicted octanol–water partition coefficient (Wildman–Crippen LogP) is 2.34. The van der Waals surface area contributed by atoms with Crippen LogP contribution >= 0.6 is 11.3 Å². The smallest absolute Gasteiger partial charge is 0.185 e. The number of benzene rings is 1. The summed E-state index contributed by atoms with van der Waals surface area (Å²) in [4.78, 5) is 16.7. The summed E-state index contributed by atoms with van der Waals surface area (Å²) in [5.74, 6) is 0. The molecule has 6 heteroatoms. The molecule has 0 radical (unpaired) electrons. The second-order valence-electron chi connectivity index (χ2n) is 5.33. The molecular weight excluding hydrogens is 282 g/mol. The van der Waals surface area contributed by atoms with Crippen molar-refractivity contribution in [3.05, 3.63) is 41.7 Å². The van der Waals surface area contributed by atoms with Gasteiger partial charge >= 0.3 is 0 Å². The lowest BCUT2D eigenvalue weighted by molar-refractivity contribution is 0.250. The number of hydrogen-bond acceptors (Lipinski definition) is 5. The van der Waals surface area contributed by atoms with E-state index in [1.165, 1.54) is 5.56 Å². The molecule has 0 aliphatic carbocycles. The molecule has 4 rings (SSSR count). The maximum atomic E-state index is 4.39. The minimum absolute atomic E-state index is 1.00. The minimum atomic E-state index is 1.00. The van der Waals surface area contributed by atoms with Gasteiger partial charge < -0.3 is 9.88 Å². The molecule has 1 aliphatic heterocycles. The van der Waals surface area contributed by atoms with Crippen LogP contribution in [-0.2, 0) is 6.54 Å². The molecule has 1 N–H and O–H groups in total. The summed E-state index contributed by atoms with van der Waals surface area (Å²) in [5.41, 5.74) is 3.50. The Bertz CT molecular complexity index is 713. The summed E-state index contributed by atoms with van der Waals surface area (Å²) in [7, 11) is 0. The summed E-state index contributed by atoms with van der Waals surface area (Å²) >= 11 is 1.72. The van der Waals surface area contributed by atoms with Crippen molar-refractivity contribution in [2.45, 2.75) is 6.54 Å². The lowest BCUT2D eigenvalue weighted by Crippen LogP contribution is -2.45. The van der Waals surface area contributed by atoms with E-state index >= 15 is 0 Å². The first-order chi connectivity index (χ1) is 10.4. The molecule has 0 spiro atoms. The van der Waals surface area contributed by atoms with Crippen molar-refractivity contribution in [1.29, 1.82) is 0 Å². The molecule has 1 saturated heterocycles. The number of aromatic nitrogens is 3. The first kappa shape index (κ1) is 12.8. The molecule has 5 nitrogen and oxygen atoms in total. The van der Waals surface area contributed by atoms with Gasteiger partial charge in [-0.15, -0.1) is 11.3 Å². The minimum Gasteiger partial charge on any atom is -0.346 e. The molecule has 0 unspecified atom stereocenters. The number of nitrogens with zero attached hydrogens (tertiary/aromatic N) is 4. The Hall–Kier alpha value is -1.92. The second-order valence-corrected chi connectivity index (χ2v) is 6.20. The van der Waals surface area contributed by atoms with Gasteiger partial charge in [0.05, 0.1) is 17.4 Å². The predicted molar refractivity (Wildman–Crippen MR) is 85.7 cm³/mol. The Morgan fingerprint density at radius 2 is 2.05 bits per heavy atom. The lowest BCUT2D eigenvalue weighted by Gasteiger charge is -2.34. The quantitative estimate of drug-likeness (QED) is 0.806. The van der Waals surface area contributed by atoms with Gasteiger partial charge in [0.1, 0.15) is 0 Å². The van der Waals surface area contributed by atoms with Gasteiger partial charge in [-0.25, -0.2) is 9.97 Å². The highest BCUT2D eigenvalue weighted by Crippen LogP contribution is 2.20. The number of anilines is 1. The van der Waals surface area contributed by atoms with E-state index in [1.807, 2.05) is 11.6 Å². The number of hydrogen-bond donors (Lipinski definition) is 1. The van der Waals surface area contributed by atoms with Crippen molar-refractivity contribution < 1.29 is 0 Å². The van der Waals surface area contributed by atoms with Gasteiger partial charge in [0, 0.05) is 44.3 Å².